The van der Waals surface area contributed by atoms with Crippen LogP contribution in [0.2, 0.25) is 0 Å². The Bertz CT molecular complexity index is 621. The predicted octanol–water partition coefficient (Wildman–Crippen LogP) is -0.513. The van der Waals surface area contributed by atoms with Gasteiger partial charge in [-0.25, -0.2) is 22.9 Å². The van der Waals surface area contributed by atoms with E-state index in [4.69, 9.17) is 0 Å². The van der Waals surface area contributed by atoms with Crippen molar-refractivity contribution in [1.29, 1.82) is 0 Å². The Hall–Kier alpha value is -1.52. The number of hydrogen-bond acceptors (Lipinski definition) is 7. The molecule has 1 aromatic heterocycles. The lowest BCUT2D eigenvalue weighted by atomic mass is 10.5. The van der Waals surface area contributed by atoms with Gasteiger partial charge in [0.1, 0.15) is 0 Å². The Balaban J connectivity index is 2.04. The van der Waals surface area contributed by atoms with Crippen molar-refractivity contribution >= 4 is 33.2 Å². The number of esters is 1. The zero-order valence-electron chi connectivity index (χ0n) is 10.6. The van der Waals surface area contributed by atoms with Crippen LogP contribution in [0, 0.1) is 0 Å². The third-order valence-corrected chi connectivity index (χ3v) is 5.29. The summed E-state index contributed by atoms with van der Waals surface area (Å²) < 4.78 is 30.4. The number of amides is 1. The molecule has 2 N–H and O–H groups in total. The topological polar surface area (TPSA) is 114 Å². The quantitative estimate of drug-likeness (QED) is 0.682. The van der Waals surface area contributed by atoms with Gasteiger partial charge in [-0.1, -0.05) is 0 Å². The zero-order valence-corrected chi connectivity index (χ0v) is 12.2. The first-order valence-corrected chi connectivity index (χ1v) is 8.11. The van der Waals surface area contributed by atoms with Crippen LogP contribution in [0.15, 0.2) is 9.72 Å². The predicted molar refractivity (Wildman–Crippen MR) is 69.8 cm³/mol. The molecule has 1 aromatic rings. The summed E-state index contributed by atoms with van der Waals surface area (Å²) in [5, 5.41) is 2.65. The van der Waals surface area contributed by atoms with Crippen LogP contribution >= 0.6 is 11.3 Å². The lowest BCUT2D eigenvalue weighted by Gasteiger charge is -2.06. The standard InChI is InChI=1S/C10H13N3O5S2/c1-18-9(15)8-10(19-5-11-8)20(16,17)12-4-7(14)13-6-2-3-6/h5-6,12H,2-4H2,1H3,(H,13,14). The number of nitrogens with zero attached hydrogens (tertiary/aromatic N) is 1. The molecule has 1 heterocycles. The molecule has 0 bridgehead atoms. The number of hydrogen-bond donors (Lipinski definition) is 2. The van der Waals surface area contributed by atoms with Gasteiger partial charge in [0.25, 0.3) is 10.0 Å². The number of carbonyl (C=O) groups excluding carboxylic acids is 2. The molecule has 0 saturated heterocycles. The van der Waals surface area contributed by atoms with E-state index >= 15 is 0 Å². The van der Waals surface area contributed by atoms with Gasteiger partial charge in [0.15, 0.2) is 9.90 Å². The van der Waals surface area contributed by atoms with Crippen LogP contribution in [0.1, 0.15) is 23.3 Å². The second-order valence-electron chi connectivity index (χ2n) is 4.15. The molecule has 20 heavy (non-hydrogen) atoms. The Morgan fingerprint density at radius 2 is 2.20 bits per heavy atom. The van der Waals surface area contributed by atoms with Crippen LogP contribution in [-0.2, 0) is 19.6 Å². The van der Waals surface area contributed by atoms with Gasteiger partial charge in [-0.15, -0.1) is 11.3 Å². The lowest BCUT2D eigenvalue weighted by Crippen LogP contribution is -2.38. The van der Waals surface area contributed by atoms with E-state index in [1.54, 1.807) is 0 Å². The van der Waals surface area contributed by atoms with Crippen molar-refractivity contribution in [3.63, 3.8) is 0 Å². The van der Waals surface area contributed by atoms with Gasteiger partial charge in [-0.05, 0) is 12.8 Å². The molecule has 0 radical (unpaired) electrons. The van der Waals surface area contributed by atoms with E-state index in [1.165, 1.54) is 5.51 Å². The molecule has 0 atom stereocenters. The molecule has 1 fully saturated rings. The highest BCUT2D eigenvalue weighted by atomic mass is 32.2. The van der Waals surface area contributed by atoms with Crippen molar-refractivity contribution in [3.05, 3.63) is 11.2 Å². The highest BCUT2D eigenvalue weighted by Crippen LogP contribution is 2.20. The summed E-state index contributed by atoms with van der Waals surface area (Å²) in [4.78, 5) is 26.5. The molecule has 0 aliphatic heterocycles. The van der Waals surface area contributed by atoms with Crippen LogP contribution in [0.4, 0.5) is 0 Å². The maximum Gasteiger partial charge on any atom is 0.358 e. The van der Waals surface area contributed by atoms with Crippen molar-refractivity contribution in [2.45, 2.75) is 23.1 Å². The van der Waals surface area contributed by atoms with E-state index in [0.717, 1.165) is 31.3 Å². The van der Waals surface area contributed by atoms with E-state index in [0.29, 0.717) is 0 Å². The molecule has 110 valence electrons. The van der Waals surface area contributed by atoms with Crippen LogP contribution in [0.5, 0.6) is 0 Å². The number of ether oxygens (including phenoxy) is 1. The molecule has 0 unspecified atom stereocenters. The summed E-state index contributed by atoms with van der Waals surface area (Å²) in [6, 6.07) is 0.154. The highest BCUT2D eigenvalue weighted by Gasteiger charge is 2.28. The van der Waals surface area contributed by atoms with Crippen molar-refractivity contribution in [2.75, 3.05) is 13.7 Å². The maximum atomic E-state index is 12.0. The van der Waals surface area contributed by atoms with Gasteiger partial charge >= 0.3 is 5.97 Å². The summed E-state index contributed by atoms with van der Waals surface area (Å²) in [5.74, 6) is -1.24. The van der Waals surface area contributed by atoms with Crippen LogP contribution in [0.3, 0.4) is 0 Å². The number of aromatic nitrogens is 1. The minimum atomic E-state index is -3.97. The molecular weight excluding hydrogens is 306 g/mol. The summed E-state index contributed by atoms with van der Waals surface area (Å²) in [7, 11) is -2.84. The summed E-state index contributed by atoms with van der Waals surface area (Å²) >= 11 is 0.784. The molecule has 1 saturated carbocycles. The average Bonchev–Trinajstić information content (AvgIpc) is 3.07. The number of sulfonamides is 1. The molecule has 8 nitrogen and oxygen atoms in total. The fourth-order valence-corrected chi connectivity index (χ4v) is 3.55. The van der Waals surface area contributed by atoms with Gasteiger partial charge < -0.3 is 10.1 Å². The number of nitrogens with one attached hydrogen (secondary N) is 2. The second-order valence-corrected chi connectivity index (χ2v) is 6.96. The molecule has 0 spiro atoms. The first-order chi connectivity index (χ1) is 9.44. The largest absolute Gasteiger partial charge is 0.464 e. The smallest absolute Gasteiger partial charge is 0.358 e. The number of rotatable bonds is 6. The lowest BCUT2D eigenvalue weighted by molar-refractivity contribution is -0.120. The molecule has 10 heteroatoms. The Morgan fingerprint density at radius 1 is 1.50 bits per heavy atom. The second kappa shape index (κ2) is 5.85. The summed E-state index contributed by atoms with van der Waals surface area (Å²) in [6.45, 7) is -0.378. The molecule has 1 amide bonds. The minimum absolute atomic E-state index is 0.154. The summed E-state index contributed by atoms with van der Waals surface area (Å²) in [5.41, 5.74) is 0.943. The van der Waals surface area contributed by atoms with Crippen molar-refractivity contribution in [1.82, 2.24) is 15.0 Å². The normalized spacial score (nSPS) is 14.8. The fraction of sp³-hybridized carbons (Fsp3) is 0.500. The fourth-order valence-electron chi connectivity index (χ4n) is 1.39. The molecule has 2 rings (SSSR count). The van der Waals surface area contributed by atoms with E-state index in [2.05, 4.69) is 19.8 Å². The van der Waals surface area contributed by atoms with Gasteiger partial charge in [0.05, 0.1) is 19.2 Å². The average molecular weight is 319 g/mol. The van der Waals surface area contributed by atoms with Crippen LogP contribution < -0.4 is 10.0 Å². The van der Waals surface area contributed by atoms with Crippen LogP contribution in [-0.4, -0.2) is 45.0 Å². The number of thiazole rings is 1. The third kappa shape index (κ3) is 3.52. The van der Waals surface area contributed by atoms with Gasteiger partial charge in [-0.2, -0.15) is 0 Å². The number of carbonyl (C=O) groups is 2. The molecule has 1 aliphatic carbocycles. The van der Waals surface area contributed by atoms with Crippen molar-refractivity contribution in [2.24, 2.45) is 0 Å². The molecule has 1 aliphatic rings. The molecule has 0 aromatic carbocycles. The maximum absolute atomic E-state index is 12.0. The van der Waals surface area contributed by atoms with E-state index in [9.17, 15) is 18.0 Å². The highest BCUT2D eigenvalue weighted by molar-refractivity contribution is 7.91. The SMILES string of the molecule is COC(=O)c1ncsc1S(=O)(=O)NCC(=O)NC1CC1. The Morgan fingerprint density at radius 3 is 2.80 bits per heavy atom. The van der Waals surface area contributed by atoms with E-state index in [-0.39, 0.29) is 22.5 Å². The van der Waals surface area contributed by atoms with Gasteiger partial charge in [0, 0.05) is 6.04 Å². The van der Waals surface area contributed by atoms with Crippen molar-refractivity contribution < 1.29 is 22.7 Å². The van der Waals surface area contributed by atoms with Crippen molar-refractivity contribution in [3.8, 4) is 0 Å². The number of methoxy groups -OCH3 is 1. The zero-order chi connectivity index (χ0) is 14.8. The Labute approximate surface area is 119 Å². The first kappa shape index (κ1) is 14.9. The van der Waals surface area contributed by atoms with Gasteiger partial charge in [-0.3, -0.25) is 4.79 Å². The van der Waals surface area contributed by atoms with Gasteiger partial charge in [0.2, 0.25) is 5.91 Å². The summed E-state index contributed by atoms with van der Waals surface area (Å²) in [6.07, 6.45) is 1.83. The minimum Gasteiger partial charge on any atom is -0.464 e. The van der Waals surface area contributed by atoms with E-state index in [1.807, 2.05) is 0 Å². The van der Waals surface area contributed by atoms with E-state index < -0.39 is 21.9 Å². The monoisotopic (exact) mass is 319 g/mol. The third-order valence-electron chi connectivity index (χ3n) is 2.52. The van der Waals surface area contributed by atoms with Crippen LogP contribution in [0.25, 0.3) is 0 Å². The first-order valence-electron chi connectivity index (χ1n) is 5.75. The molecular formula is C10H13N3O5S2. The Kier molecular flexibility index (Phi) is 4.35.